The molecule has 1 aromatic carbocycles. The van der Waals surface area contributed by atoms with Gasteiger partial charge in [0, 0.05) is 12.0 Å². The minimum absolute atomic E-state index is 0.0193. The Bertz CT molecular complexity index is 484. The van der Waals surface area contributed by atoms with Crippen molar-refractivity contribution in [1.82, 2.24) is 10.6 Å². The molecule has 1 fully saturated rings. The van der Waals surface area contributed by atoms with Crippen molar-refractivity contribution in [3.63, 3.8) is 0 Å². The number of hydrogen-bond donors (Lipinski definition) is 2. The molecule has 0 aromatic heterocycles. The zero-order valence-corrected chi connectivity index (χ0v) is 14.1. The van der Waals surface area contributed by atoms with Crippen molar-refractivity contribution in [1.29, 1.82) is 0 Å². The topological polar surface area (TPSA) is 50.4 Å². The first-order valence-corrected chi connectivity index (χ1v) is 8.26. The number of carbonyl (C=O) groups is 1. The van der Waals surface area contributed by atoms with Crippen LogP contribution in [0.15, 0.2) is 24.3 Å². The molecule has 4 nitrogen and oxygen atoms in total. The molecule has 1 saturated heterocycles. The fraction of sp³-hybridized carbons (Fsp3) is 0.611. The standard InChI is InChI=1S/C18H28N2O2/c1-12(2)22-17-7-5-15(6-8-17)14(4)20-18(21)16-9-10-19-13(3)11-16/h5-8,12-14,16,19H,9-11H2,1-4H3,(H,20,21)/t13-,14?,16-/m0/s1. The Labute approximate surface area is 133 Å². The molecule has 1 aliphatic rings. The molecule has 2 N–H and O–H groups in total. The SMILES string of the molecule is CC(C)Oc1ccc(C(C)NC(=O)[C@H]2CCN[C@@H](C)C2)cc1. The summed E-state index contributed by atoms with van der Waals surface area (Å²) in [7, 11) is 0. The summed E-state index contributed by atoms with van der Waals surface area (Å²) in [4.78, 5) is 12.4. The van der Waals surface area contributed by atoms with Gasteiger partial charge in [0.1, 0.15) is 5.75 Å². The molecule has 1 unspecified atom stereocenters. The highest BCUT2D eigenvalue weighted by Gasteiger charge is 2.25. The van der Waals surface area contributed by atoms with Crippen molar-refractivity contribution in [2.75, 3.05) is 6.54 Å². The van der Waals surface area contributed by atoms with Gasteiger partial charge in [0.05, 0.1) is 12.1 Å². The predicted molar refractivity (Wildman–Crippen MR) is 89.0 cm³/mol. The second-order valence-corrected chi connectivity index (χ2v) is 6.54. The number of ether oxygens (including phenoxy) is 1. The fourth-order valence-electron chi connectivity index (χ4n) is 2.89. The third-order valence-corrected chi connectivity index (χ3v) is 4.11. The quantitative estimate of drug-likeness (QED) is 0.879. The van der Waals surface area contributed by atoms with E-state index in [2.05, 4.69) is 17.6 Å². The Morgan fingerprint density at radius 2 is 1.95 bits per heavy atom. The predicted octanol–water partition coefficient (Wildman–Crippen LogP) is 3.04. The molecule has 1 heterocycles. The highest BCUT2D eigenvalue weighted by atomic mass is 16.5. The van der Waals surface area contributed by atoms with Crippen LogP contribution in [0.2, 0.25) is 0 Å². The number of nitrogens with one attached hydrogen (secondary N) is 2. The van der Waals surface area contributed by atoms with E-state index in [0.717, 1.165) is 30.7 Å². The highest BCUT2D eigenvalue weighted by molar-refractivity contribution is 5.79. The molecule has 4 heteroatoms. The Morgan fingerprint density at radius 1 is 1.27 bits per heavy atom. The number of piperidine rings is 1. The second-order valence-electron chi connectivity index (χ2n) is 6.54. The van der Waals surface area contributed by atoms with Crippen LogP contribution in [0.25, 0.3) is 0 Å². The molecule has 1 amide bonds. The maximum absolute atomic E-state index is 12.4. The Balaban J connectivity index is 1.90. The number of amides is 1. The zero-order valence-electron chi connectivity index (χ0n) is 14.1. The van der Waals surface area contributed by atoms with Gasteiger partial charge in [-0.3, -0.25) is 4.79 Å². The van der Waals surface area contributed by atoms with E-state index in [9.17, 15) is 4.79 Å². The van der Waals surface area contributed by atoms with Crippen LogP contribution in [-0.2, 0) is 4.79 Å². The van der Waals surface area contributed by atoms with Crippen LogP contribution in [0.1, 0.15) is 52.1 Å². The number of rotatable bonds is 5. The molecule has 122 valence electrons. The van der Waals surface area contributed by atoms with Gasteiger partial charge in [-0.05, 0) is 64.8 Å². The molecule has 2 rings (SSSR count). The molecule has 1 aromatic rings. The van der Waals surface area contributed by atoms with Crippen LogP contribution < -0.4 is 15.4 Å². The van der Waals surface area contributed by atoms with Gasteiger partial charge in [-0.1, -0.05) is 12.1 Å². The lowest BCUT2D eigenvalue weighted by Crippen LogP contribution is -2.42. The summed E-state index contributed by atoms with van der Waals surface area (Å²) >= 11 is 0. The van der Waals surface area contributed by atoms with Gasteiger partial charge >= 0.3 is 0 Å². The molecule has 0 bridgehead atoms. The van der Waals surface area contributed by atoms with Crippen molar-refractivity contribution >= 4 is 5.91 Å². The van der Waals surface area contributed by atoms with Crippen molar-refractivity contribution in [2.24, 2.45) is 5.92 Å². The molecule has 3 atom stereocenters. The Morgan fingerprint density at radius 3 is 2.55 bits per heavy atom. The van der Waals surface area contributed by atoms with E-state index in [1.165, 1.54) is 0 Å². The Kier molecular flexibility index (Phi) is 5.83. The minimum atomic E-state index is 0.0193. The van der Waals surface area contributed by atoms with Gasteiger partial charge < -0.3 is 15.4 Å². The molecule has 0 saturated carbocycles. The first kappa shape index (κ1) is 16.8. The lowest BCUT2D eigenvalue weighted by molar-refractivity contribution is -0.126. The average Bonchev–Trinajstić information content (AvgIpc) is 2.47. The molecule has 0 aliphatic carbocycles. The lowest BCUT2D eigenvalue weighted by atomic mass is 9.92. The fourth-order valence-corrected chi connectivity index (χ4v) is 2.89. The van der Waals surface area contributed by atoms with Crippen LogP contribution in [0.4, 0.5) is 0 Å². The first-order valence-electron chi connectivity index (χ1n) is 8.26. The summed E-state index contributed by atoms with van der Waals surface area (Å²) in [6, 6.07) is 8.41. The van der Waals surface area contributed by atoms with Gasteiger partial charge in [-0.15, -0.1) is 0 Å². The molecule has 0 radical (unpaired) electrons. The van der Waals surface area contributed by atoms with E-state index >= 15 is 0 Å². The highest BCUT2D eigenvalue weighted by Crippen LogP contribution is 2.21. The Hall–Kier alpha value is -1.55. The molecule has 1 aliphatic heterocycles. The monoisotopic (exact) mass is 304 g/mol. The smallest absolute Gasteiger partial charge is 0.223 e. The first-order chi connectivity index (χ1) is 10.5. The van der Waals surface area contributed by atoms with Gasteiger partial charge in [0.2, 0.25) is 5.91 Å². The number of benzene rings is 1. The van der Waals surface area contributed by atoms with Crippen LogP contribution in [-0.4, -0.2) is 24.6 Å². The van der Waals surface area contributed by atoms with E-state index in [1.54, 1.807) is 0 Å². The van der Waals surface area contributed by atoms with E-state index in [0.29, 0.717) is 6.04 Å². The van der Waals surface area contributed by atoms with Crippen LogP contribution in [0, 0.1) is 5.92 Å². The maximum Gasteiger partial charge on any atom is 0.223 e. The zero-order chi connectivity index (χ0) is 16.1. The van der Waals surface area contributed by atoms with E-state index in [-0.39, 0.29) is 24.0 Å². The lowest BCUT2D eigenvalue weighted by Gasteiger charge is -2.28. The molecular weight excluding hydrogens is 276 g/mol. The molecule has 0 spiro atoms. The van der Waals surface area contributed by atoms with Gasteiger partial charge in [0.15, 0.2) is 0 Å². The normalized spacial score (nSPS) is 23.1. The second kappa shape index (κ2) is 7.63. The number of carbonyl (C=O) groups excluding carboxylic acids is 1. The number of hydrogen-bond acceptors (Lipinski definition) is 3. The summed E-state index contributed by atoms with van der Waals surface area (Å²) in [5.41, 5.74) is 1.10. The van der Waals surface area contributed by atoms with Gasteiger partial charge in [-0.25, -0.2) is 0 Å². The van der Waals surface area contributed by atoms with Gasteiger partial charge in [0.25, 0.3) is 0 Å². The van der Waals surface area contributed by atoms with Crippen molar-refractivity contribution < 1.29 is 9.53 Å². The van der Waals surface area contributed by atoms with Crippen LogP contribution in [0.5, 0.6) is 5.75 Å². The maximum atomic E-state index is 12.4. The molecule has 22 heavy (non-hydrogen) atoms. The van der Waals surface area contributed by atoms with E-state index in [4.69, 9.17) is 4.74 Å². The van der Waals surface area contributed by atoms with Crippen molar-refractivity contribution in [3.05, 3.63) is 29.8 Å². The van der Waals surface area contributed by atoms with Crippen LogP contribution >= 0.6 is 0 Å². The largest absolute Gasteiger partial charge is 0.491 e. The minimum Gasteiger partial charge on any atom is -0.491 e. The summed E-state index contributed by atoms with van der Waals surface area (Å²) in [5, 5.41) is 6.52. The van der Waals surface area contributed by atoms with E-state index < -0.39 is 0 Å². The summed E-state index contributed by atoms with van der Waals surface area (Å²) < 4.78 is 5.64. The average molecular weight is 304 g/mol. The van der Waals surface area contributed by atoms with Crippen LogP contribution in [0.3, 0.4) is 0 Å². The van der Waals surface area contributed by atoms with Crippen molar-refractivity contribution in [3.8, 4) is 5.75 Å². The van der Waals surface area contributed by atoms with E-state index in [1.807, 2.05) is 45.0 Å². The summed E-state index contributed by atoms with van der Waals surface area (Å²) in [6.07, 6.45) is 2.01. The third kappa shape index (κ3) is 4.73. The summed E-state index contributed by atoms with van der Waals surface area (Å²) in [6.45, 7) is 9.11. The van der Waals surface area contributed by atoms with Crippen molar-refractivity contribution in [2.45, 2.75) is 58.7 Å². The summed E-state index contributed by atoms with van der Waals surface area (Å²) in [5.74, 6) is 1.16. The van der Waals surface area contributed by atoms with Gasteiger partial charge in [-0.2, -0.15) is 0 Å². The third-order valence-electron chi connectivity index (χ3n) is 4.11. The molecular formula is C18H28N2O2.